The van der Waals surface area contributed by atoms with Crippen LogP contribution >= 0.6 is 0 Å². The van der Waals surface area contributed by atoms with Crippen molar-refractivity contribution in [2.45, 2.75) is 38.5 Å². The van der Waals surface area contributed by atoms with E-state index >= 15 is 0 Å². The van der Waals surface area contributed by atoms with Crippen molar-refractivity contribution >= 4 is 5.78 Å². The molecule has 0 aliphatic heterocycles. The molecule has 1 aliphatic rings. The largest absolute Gasteiger partial charge is 0.295 e. The third-order valence-electron chi connectivity index (χ3n) is 2.15. The van der Waals surface area contributed by atoms with Gasteiger partial charge in [-0.05, 0) is 31.3 Å². The average molecular weight is 162 g/mol. The molecular formula is C11H14O. The third kappa shape index (κ3) is 2.54. The Hall–Kier alpha value is -1.03. The van der Waals surface area contributed by atoms with Crippen LogP contribution in [0.4, 0.5) is 0 Å². The van der Waals surface area contributed by atoms with Gasteiger partial charge in [0.1, 0.15) is 0 Å². The van der Waals surface area contributed by atoms with Crippen LogP contribution in [-0.2, 0) is 4.79 Å². The van der Waals surface area contributed by atoms with Crippen molar-refractivity contribution < 1.29 is 4.79 Å². The zero-order valence-electron chi connectivity index (χ0n) is 7.31. The van der Waals surface area contributed by atoms with Gasteiger partial charge in [-0.3, -0.25) is 4.79 Å². The number of carbonyl (C=O) groups excluding carboxylic acids is 1. The number of hydrogen-bond donors (Lipinski definition) is 0. The molecule has 1 rings (SSSR count). The number of hydrogen-bond acceptors (Lipinski definition) is 1. The predicted octanol–water partition coefficient (Wildman–Crippen LogP) is 2.47. The van der Waals surface area contributed by atoms with Crippen molar-refractivity contribution in [1.29, 1.82) is 0 Å². The maximum atomic E-state index is 11.4. The van der Waals surface area contributed by atoms with Crippen LogP contribution < -0.4 is 0 Å². The van der Waals surface area contributed by atoms with E-state index in [2.05, 4.69) is 12.0 Å². The van der Waals surface area contributed by atoms with Crippen LogP contribution in [0.2, 0.25) is 0 Å². The summed E-state index contributed by atoms with van der Waals surface area (Å²) >= 11 is 0. The second-order valence-corrected chi connectivity index (χ2v) is 3.10. The van der Waals surface area contributed by atoms with E-state index in [0.29, 0.717) is 12.8 Å². The van der Waals surface area contributed by atoms with Crippen LogP contribution in [0.1, 0.15) is 38.5 Å². The van der Waals surface area contributed by atoms with Gasteiger partial charge in [-0.15, -0.1) is 12.3 Å². The lowest BCUT2D eigenvalue weighted by atomic mass is 9.95. The monoisotopic (exact) mass is 162 g/mol. The highest BCUT2D eigenvalue weighted by molar-refractivity contribution is 5.95. The zero-order chi connectivity index (χ0) is 8.81. The van der Waals surface area contributed by atoms with Crippen LogP contribution in [0.5, 0.6) is 0 Å². The lowest BCUT2D eigenvalue weighted by molar-refractivity contribution is -0.115. The molecule has 1 heteroatoms. The van der Waals surface area contributed by atoms with Gasteiger partial charge in [0.2, 0.25) is 0 Å². The van der Waals surface area contributed by atoms with Gasteiger partial charge in [0.15, 0.2) is 5.78 Å². The maximum Gasteiger partial charge on any atom is 0.159 e. The number of carbonyl (C=O) groups is 1. The number of Topliss-reactive ketones (excluding diaryl/α,β-unsaturated/α-hetero) is 1. The van der Waals surface area contributed by atoms with Crippen molar-refractivity contribution in [3.8, 4) is 12.3 Å². The Labute approximate surface area is 73.9 Å². The highest BCUT2D eigenvalue weighted by Gasteiger charge is 2.10. The number of rotatable bonds is 3. The summed E-state index contributed by atoms with van der Waals surface area (Å²) in [5, 5.41) is 0. The van der Waals surface area contributed by atoms with E-state index < -0.39 is 0 Å². The molecule has 0 saturated heterocycles. The summed E-state index contributed by atoms with van der Waals surface area (Å²) in [6.45, 7) is 0. The van der Waals surface area contributed by atoms with Crippen molar-refractivity contribution in [1.82, 2.24) is 0 Å². The molecular weight excluding hydrogens is 148 g/mol. The van der Waals surface area contributed by atoms with Gasteiger partial charge in [-0.25, -0.2) is 0 Å². The van der Waals surface area contributed by atoms with E-state index in [1.165, 1.54) is 6.42 Å². The van der Waals surface area contributed by atoms with Crippen LogP contribution in [0.3, 0.4) is 0 Å². The van der Waals surface area contributed by atoms with Gasteiger partial charge in [-0.1, -0.05) is 6.08 Å². The molecule has 0 amide bonds. The lowest BCUT2D eigenvalue weighted by Crippen LogP contribution is -2.04. The van der Waals surface area contributed by atoms with Gasteiger partial charge in [0.05, 0.1) is 0 Å². The first-order valence-electron chi connectivity index (χ1n) is 4.50. The summed E-state index contributed by atoms with van der Waals surface area (Å²) in [4.78, 5) is 11.4. The van der Waals surface area contributed by atoms with E-state index in [1.807, 2.05) is 0 Å². The van der Waals surface area contributed by atoms with Crippen molar-refractivity contribution in [2.75, 3.05) is 0 Å². The van der Waals surface area contributed by atoms with E-state index in [9.17, 15) is 4.79 Å². The van der Waals surface area contributed by atoms with E-state index in [1.54, 1.807) is 0 Å². The minimum absolute atomic E-state index is 0.257. The van der Waals surface area contributed by atoms with Crippen LogP contribution in [-0.4, -0.2) is 5.78 Å². The normalized spacial score (nSPS) is 16.4. The summed E-state index contributed by atoms with van der Waals surface area (Å²) < 4.78 is 0. The minimum atomic E-state index is 0.257. The molecule has 0 heterocycles. The molecule has 0 aromatic heterocycles. The predicted molar refractivity (Wildman–Crippen MR) is 49.6 cm³/mol. The summed E-state index contributed by atoms with van der Waals surface area (Å²) in [6, 6.07) is 0. The van der Waals surface area contributed by atoms with Gasteiger partial charge >= 0.3 is 0 Å². The molecule has 64 valence electrons. The smallest absolute Gasteiger partial charge is 0.159 e. The fourth-order valence-corrected chi connectivity index (χ4v) is 1.44. The van der Waals surface area contributed by atoms with Gasteiger partial charge < -0.3 is 0 Å². The highest BCUT2D eigenvalue weighted by Crippen LogP contribution is 2.19. The minimum Gasteiger partial charge on any atom is -0.295 e. The Balaban J connectivity index is 2.41. The third-order valence-corrected chi connectivity index (χ3v) is 2.15. The van der Waals surface area contributed by atoms with Crippen molar-refractivity contribution in [2.24, 2.45) is 0 Å². The summed E-state index contributed by atoms with van der Waals surface area (Å²) in [5.41, 5.74) is 1.01. The fraction of sp³-hybridized carbons (Fsp3) is 0.545. The maximum absolute atomic E-state index is 11.4. The summed E-state index contributed by atoms with van der Waals surface area (Å²) in [5.74, 6) is 2.75. The number of ketones is 1. The molecule has 1 aliphatic carbocycles. The Kier molecular flexibility index (Phi) is 3.60. The molecule has 0 saturated carbocycles. The second kappa shape index (κ2) is 4.77. The molecule has 0 unspecified atom stereocenters. The Morgan fingerprint density at radius 2 is 2.42 bits per heavy atom. The first-order valence-corrected chi connectivity index (χ1v) is 4.50. The number of terminal acetylenes is 1. The molecule has 0 spiro atoms. The molecule has 0 fully saturated rings. The molecule has 1 nitrogen and oxygen atoms in total. The highest BCUT2D eigenvalue weighted by atomic mass is 16.1. The lowest BCUT2D eigenvalue weighted by Gasteiger charge is -2.10. The quantitative estimate of drug-likeness (QED) is 0.583. The Bertz CT molecular complexity index is 230. The van der Waals surface area contributed by atoms with E-state index in [-0.39, 0.29) is 5.78 Å². The SMILES string of the molecule is C#CCCC(=O)C1=CCCCC1. The molecule has 0 N–H and O–H groups in total. The fourth-order valence-electron chi connectivity index (χ4n) is 1.44. The standard InChI is InChI=1S/C11H14O/c1-2-3-9-11(12)10-7-5-4-6-8-10/h1,7H,3-6,8-9H2. The zero-order valence-corrected chi connectivity index (χ0v) is 7.31. The topological polar surface area (TPSA) is 17.1 Å². The van der Waals surface area contributed by atoms with Gasteiger partial charge in [0, 0.05) is 12.8 Å². The first kappa shape index (κ1) is 9.06. The molecule has 0 radical (unpaired) electrons. The van der Waals surface area contributed by atoms with Crippen LogP contribution in [0.15, 0.2) is 11.6 Å². The van der Waals surface area contributed by atoms with E-state index in [4.69, 9.17) is 6.42 Å². The van der Waals surface area contributed by atoms with Gasteiger partial charge in [-0.2, -0.15) is 0 Å². The molecule has 0 aromatic carbocycles. The van der Waals surface area contributed by atoms with Crippen molar-refractivity contribution in [3.05, 3.63) is 11.6 Å². The number of allylic oxidation sites excluding steroid dienone is 2. The summed E-state index contributed by atoms with van der Waals surface area (Å²) in [7, 11) is 0. The molecule has 12 heavy (non-hydrogen) atoms. The second-order valence-electron chi connectivity index (χ2n) is 3.10. The Morgan fingerprint density at radius 1 is 1.58 bits per heavy atom. The molecule has 0 atom stereocenters. The molecule has 0 bridgehead atoms. The Morgan fingerprint density at radius 3 is 3.00 bits per heavy atom. The van der Waals surface area contributed by atoms with E-state index in [0.717, 1.165) is 24.8 Å². The molecule has 0 aromatic rings. The average Bonchev–Trinajstić information content (AvgIpc) is 2.15. The van der Waals surface area contributed by atoms with Crippen LogP contribution in [0.25, 0.3) is 0 Å². The van der Waals surface area contributed by atoms with Crippen molar-refractivity contribution in [3.63, 3.8) is 0 Å². The van der Waals surface area contributed by atoms with Crippen LogP contribution in [0, 0.1) is 12.3 Å². The summed E-state index contributed by atoms with van der Waals surface area (Å²) in [6.07, 6.45) is 12.7. The first-order chi connectivity index (χ1) is 5.84. The van der Waals surface area contributed by atoms with Gasteiger partial charge in [0.25, 0.3) is 0 Å².